The molecule has 1 aliphatic rings. The maximum Gasteiger partial charge on any atom is 0.123 e. The van der Waals surface area contributed by atoms with E-state index in [0.29, 0.717) is 11.8 Å². The molecule has 1 atom stereocenters. The van der Waals surface area contributed by atoms with Crippen molar-refractivity contribution in [2.45, 2.75) is 25.7 Å². The second-order valence-electron chi connectivity index (χ2n) is 5.14. The summed E-state index contributed by atoms with van der Waals surface area (Å²) in [5, 5.41) is 0. The Hall–Kier alpha value is -0.600. The highest BCUT2D eigenvalue weighted by Gasteiger charge is 2.19. The van der Waals surface area contributed by atoms with Crippen molar-refractivity contribution in [1.82, 2.24) is 0 Å². The number of benzene rings is 1. The van der Waals surface area contributed by atoms with E-state index in [9.17, 15) is 4.39 Å². The molecule has 3 heteroatoms. The smallest absolute Gasteiger partial charge is 0.123 e. The van der Waals surface area contributed by atoms with E-state index in [-0.39, 0.29) is 5.82 Å². The molecule has 1 saturated heterocycles. The van der Waals surface area contributed by atoms with Gasteiger partial charge in [0.05, 0.1) is 0 Å². The van der Waals surface area contributed by atoms with E-state index in [1.54, 1.807) is 0 Å². The first-order valence-electron chi connectivity index (χ1n) is 6.66. The van der Waals surface area contributed by atoms with Crippen molar-refractivity contribution in [3.8, 4) is 0 Å². The molecule has 18 heavy (non-hydrogen) atoms. The van der Waals surface area contributed by atoms with Gasteiger partial charge in [0.1, 0.15) is 5.82 Å². The summed E-state index contributed by atoms with van der Waals surface area (Å²) in [6.07, 6.45) is 4.40. The molecule has 100 valence electrons. The van der Waals surface area contributed by atoms with Gasteiger partial charge in [-0.25, -0.2) is 4.39 Å². The van der Waals surface area contributed by atoms with Crippen LogP contribution in [0, 0.1) is 17.7 Å². The van der Waals surface area contributed by atoms with E-state index in [1.807, 2.05) is 12.1 Å². The Morgan fingerprint density at radius 1 is 1.22 bits per heavy atom. The minimum atomic E-state index is -0.175. The van der Waals surface area contributed by atoms with Gasteiger partial charge < -0.3 is 4.74 Å². The Kier molecular flexibility index (Phi) is 5.45. The standard InChI is InChI=1S/C15H20ClFO/c16-11-14(10-13-5-7-18-8-6-13)9-12-1-3-15(17)4-2-12/h1-4,13-14H,5-11H2. The lowest BCUT2D eigenvalue weighted by Gasteiger charge is -2.25. The lowest BCUT2D eigenvalue weighted by atomic mass is 9.86. The summed E-state index contributed by atoms with van der Waals surface area (Å²) in [5.41, 5.74) is 1.18. The van der Waals surface area contributed by atoms with E-state index in [1.165, 1.54) is 17.7 Å². The molecular formula is C15H20ClFO. The maximum absolute atomic E-state index is 12.8. The van der Waals surface area contributed by atoms with Crippen LogP contribution in [0.25, 0.3) is 0 Å². The topological polar surface area (TPSA) is 9.23 Å². The van der Waals surface area contributed by atoms with Gasteiger partial charge in [-0.1, -0.05) is 12.1 Å². The van der Waals surface area contributed by atoms with Gasteiger partial charge in [0.25, 0.3) is 0 Å². The molecule has 0 N–H and O–H groups in total. The van der Waals surface area contributed by atoms with Crippen LogP contribution in [-0.2, 0) is 11.2 Å². The molecule has 1 aliphatic heterocycles. The third-order valence-electron chi connectivity index (χ3n) is 3.66. The Balaban J connectivity index is 1.86. The first-order valence-corrected chi connectivity index (χ1v) is 7.19. The SMILES string of the molecule is Fc1ccc(CC(CCl)CC2CCOCC2)cc1. The average Bonchev–Trinajstić information content (AvgIpc) is 2.41. The molecule has 0 bridgehead atoms. The molecule has 0 saturated carbocycles. The summed E-state index contributed by atoms with van der Waals surface area (Å²) in [4.78, 5) is 0. The highest BCUT2D eigenvalue weighted by molar-refractivity contribution is 6.18. The summed E-state index contributed by atoms with van der Waals surface area (Å²) in [6, 6.07) is 6.77. The van der Waals surface area contributed by atoms with Crippen LogP contribution in [0.2, 0.25) is 0 Å². The maximum atomic E-state index is 12.8. The monoisotopic (exact) mass is 270 g/mol. The third kappa shape index (κ3) is 4.25. The molecular weight excluding hydrogens is 251 g/mol. The molecule has 0 aliphatic carbocycles. The average molecular weight is 271 g/mol. The molecule has 1 aromatic carbocycles. The number of hydrogen-bond donors (Lipinski definition) is 0. The highest BCUT2D eigenvalue weighted by atomic mass is 35.5. The van der Waals surface area contributed by atoms with Gasteiger partial charge >= 0.3 is 0 Å². The van der Waals surface area contributed by atoms with Crippen LogP contribution in [0.1, 0.15) is 24.8 Å². The predicted molar refractivity (Wildman–Crippen MR) is 72.5 cm³/mol. The van der Waals surface area contributed by atoms with Crippen molar-refractivity contribution in [2.75, 3.05) is 19.1 Å². The fourth-order valence-corrected chi connectivity index (χ4v) is 2.84. The molecule has 0 radical (unpaired) electrons. The molecule has 2 rings (SSSR count). The van der Waals surface area contributed by atoms with Crippen molar-refractivity contribution in [3.05, 3.63) is 35.6 Å². The molecule has 1 aromatic rings. The van der Waals surface area contributed by atoms with Crippen molar-refractivity contribution < 1.29 is 9.13 Å². The number of ether oxygens (including phenoxy) is 1. The second-order valence-corrected chi connectivity index (χ2v) is 5.45. The normalized spacial score (nSPS) is 18.8. The van der Waals surface area contributed by atoms with Crippen molar-refractivity contribution >= 4 is 11.6 Å². The second kappa shape index (κ2) is 7.10. The van der Waals surface area contributed by atoms with Gasteiger partial charge in [-0.3, -0.25) is 0 Å². The van der Waals surface area contributed by atoms with E-state index >= 15 is 0 Å². The molecule has 1 unspecified atom stereocenters. The summed E-state index contributed by atoms with van der Waals surface area (Å²) >= 11 is 6.06. The minimum absolute atomic E-state index is 0.175. The molecule has 1 nitrogen and oxygen atoms in total. The fraction of sp³-hybridized carbons (Fsp3) is 0.600. The zero-order valence-electron chi connectivity index (χ0n) is 10.6. The molecule has 0 amide bonds. The van der Waals surface area contributed by atoms with Crippen LogP contribution >= 0.6 is 11.6 Å². The number of alkyl halides is 1. The van der Waals surface area contributed by atoms with Crippen molar-refractivity contribution in [3.63, 3.8) is 0 Å². The zero-order chi connectivity index (χ0) is 12.8. The van der Waals surface area contributed by atoms with Gasteiger partial charge in [-0.05, 0) is 55.2 Å². The third-order valence-corrected chi connectivity index (χ3v) is 4.10. The summed E-state index contributed by atoms with van der Waals surface area (Å²) < 4.78 is 18.2. The first kappa shape index (κ1) is 13.8. The predicted octanol–water partition coefficient (Wildman–Crippen LogP) is 4.04. The summed E-state index contributed by atoms with van der Waals surface area (Å²) in [5.74, 6) is 1.73. The van der Waals surface area contributed by atoms with E-state index in [2.05, 4.69) is 0 Å². The molecule has 1 heterocycles. The van der Waals surface area contributed by atoms with E-state index < -0.39 is 0 Å². The summed E-state index contributed by atoms with van der Waals surface area (Å²) in [7, 11) is 0. The number of halogens is 2. The fourth-order valence-electron chi connectivity index (χ4n) is 2.61. The quantitative estimate of drug-likeness (QED) is 0.734. The largest absolute Gasteiger partial charge is 0.381 e. The Morgan fingerprint density at radius 2 is 1.89 bits per heavy atom. The van der Waals surface area contributed by atoms with Crippen molar-refractivity contribution in [1.29, 1.82) is 0 Å². The highest BCUT2D eigenvalue weighted by Crippen LogP contribution is 2.26. The Morgan fingerprint density at radius 3 is 2.50 bits per heavy atom. The Bertz CT molecular complexity index is 346. The van der Waals surface area contributed by atoms with Gasteiger partial charge in [-0.2, -0.15) is 0 Å². The Labute approximate surface area is 113 Å². The van der Waals surface area contributed by atoms with Crippen LogP contribution in [0.5, 0.6) is 0 Å². The van der Waals surface area contributed by atoms with E-state index in [4.69, 9.17) is 16.3 Å². The number of rotatable bonds is 5. The molecule has 1 fully saturated rings. The van der Waals surface area contributed by atoms with Gasteiger partial charge in [-0.15, -0.1) is 11.6 Å². The molecule has 0 spiro atoms. The number of hydrogen-bond acceptors (Lipinski definition) is 1. The van der Waals surface area contributed by atoms with Crippen LogP contribution in [0.3, 0.4) is 0 Å². The van der Waals surface area contributed by atoms with Crippen LogP contribution in [-0.4, -0.2) is 19.1 Å². The molecule has 0 aromatic heterocycles. The van der Waals surface area contributed by atoms with Gasteiger partial charge in [0.2, 0.25) is 0 Å². The van der Waals surface area contributed by atoms with Gasteiger partial charge in [0.15, 0.2) is 0 Å². The van der Waals surface area contributed by atoms with Crippen LogP contribution < -0.4 is 0 Å². The van der Waals surface area contributed by atoms with E-state index in [0.717, 1.165) is 44.8 Å². The summed E-state index contributed by atoms with van der Waals surface area (Å²) in [6.45, 7) is 1.77. The lowest BCUT2D eigenvalue weighted by Crippen LogP contribution is -2.20. The first-order chi connectivity index (χ1) is 8.78. The van der Waals surface area contributed by atoms with Gasteiger partial charge in [0, 0.05) is 19.1 Å². The lowest BCUT2D eigenvalue weighted by molar-refractivity contribution is 0.0595. The zero-order valence-corrected chi connectivity index (χ0v) is 11.3. The van der Waals surface area contributed by atoms with Crippen molar-refractivity contribution in [2.24, 2.45) is 11.8 Å². The van der Waals surface area contributed by atoms with Crippen LogP contribution in [0.4, 0.5) is 4.39 Å². The van der Waals surface area contributed by atoms with Crippen LogP contribution in [0.15, 0.2) is 24.3 Å². The minimum Gasteiger partial charge on any atom is -0.381 e.